The second-order valence-electron chi connectivity index (χ2n) is 17.6. The third-order valence-electron chi connectivity index (χ3n) is 14.1. The summed E-state index contributed by atoms with van der Waals surface area (Å²) < 4.78 is 2.48. The maximum Gasteiger partial charge on any atom is 0.0714 e. The van der Waals surface area contributed by atoms with E-state index in [0.29, 0.717) is 0 Å². The topological polar surface area (TPSA) is 8.17 Å². The molecule has 0 fully saturated rings. The Morgan fingerprint density at radius 3 is 1.55 bits per heavy atom. The molecule has 0 N–H and O–H groups in total. The number of aromatic nitrogens is 1. The molecule has 2 heteroatoms. The summed E-state index contributed by atoms with van der Waals surface area (Å²) in [5.74, 6) is 0. The van der Waals surface area contributed by atoms with Crippen molar-refractivity contribution in [1.29, 1.82) is 0 Å². The second-order valence-corrected chi connectivity index (χ2v) is 17.6. The fourth-order valence-electron chi connectivity index (χ4n) is 11.1. The van der Waals surface area contributed by atoms with Gasteiger partial charge in [0.05, 0.1) is 16.4 Å². The lowest BCUT2D eigenvalue weighted by Gasteiger charge is -2.35. The molecule has 0 amide bonds. The van der Waals surface area contributed by atoms with Crippen LogP contribution in [0.1, 0.15) is 22.3 Å². The molecule has 0 spiro atoms. The van der Waals surface area contributed by atoms with Crippen molar-refractivity contribution in [3.05, 3.63) is 289 Å². The van der Waals surface area contributed by atoms with Gasteiger partial charge < -0.3 is 9.47 Å². The average molecular weight is 853 g/mol. The zero-order valence-electron chi connectivity index (χ0n) is 36.8. The summed E-state index contributed by atoms with van der Waals surface area (Å²) in [5.41, 5.74) is 18.6. The van der Waals surface area contributed by atoms with Crippen molar-refractivity contribution in [2.45, 2.75) is 5.41 Å². The number of fused-ring (bicyclic) bond motifs is 8. The summed E-state index contributed by atoms with van der Waals surface area (Å²) >= 11 is 0. The Balaban J connectivity index is 1.04. The van der Waals surface area contributed by atoms with Crippen molar-refractivity contribution >= 4 is 49.6 Å². The Morgan fingerprint density at radius 1 is 0.313 bits per heavy atom. The molecule has 0 saturated carbocycles. The van der Waals surface area contributed by atoms with Gasteiger partial charge in [0.25, 0.3) is 0 Å². The Morgan fingerprint density at radius 2 is 0.836 bits per heavy atom. The van der Waals surface area contributed by atoms with Crippen LogP contribution in [0, 0.1) is 0 Å². The van der Waals surface area contributed by atoms with Crippen LogP contribution in [-0.4, -0.2) is 4.57 Å². The van der Waals surface area contributed by atoms with Crippen LogP contribution >= 0.6 is 0 Å². The lowest BCUT2D eigenvalue weighted by atomic mass is 9.67. The molecule has 1 aromatic heterocycles. The van der Waals surface area contributed by atoms with Crippen molar-refractivity contribution in [3.8, 4) is 39.1 Å². The minimum Gasteiger partial charge on any atom is -0.310 e. The first-order valence-corrected chi connectivity index (χ1v) is 23.2. The van der Waals surface area contributed by atoms with E-state index in [4.69, 9.17) is 0 Å². The van der Waals surface area contributed by atoms with Gasteiger partial charge in [-0.1, -0.05) is 218 Å². The Hall–Kier alpha value is -8.72. The van der Waals surface area contributed by atoms with Gasteiger partial charge in [0.2, 0.25) is 0 Å². The van der Waals surface area contributed by atoms with Gasteiger partial charge in [-0.3, -0.25) is 0 Å². The summed E-state index contributed by atoms with van der Waals surface area (Å²) in [6.07, 6.45) is 0. The number of hydrogen-bond donors (Lipinski definition) is 0. The van der Waals surface area contributed by atoms with E-state index in [2.05, 4.69) is 276 Å². The highest BCUT2D eigenvalue weighted by atomic mass is 15.1. The first kappa shape index (κ1) is 38.7. The van der Waals surface area contributed by atoms with Gasteiger partial charge in [-0.15, -0.1) is 0 Å². The van der Waals surface area contributed by atoms with Crippen LogP contribution in [-0.2, 0) is 5.41 Å². The van der Waals surface area contributed by atoms with Gasteiger partial charge >= 0.3 is 0 Å². The molecule has 12 aromatic rings. The van der Waals surface area contributed by atoms with E-state index in [1.165, 1.54) is 82.7 Å². The molecule has 13 rings (SSSR count). The Bertz CT molecular complexity index is 3760. The molecule has 1 aliphatic carbocycles. The van der Waals surface area contributed by atoms with Crippen LogP contribution in [0.25, 0.3) is 71.6 Å². The number of benzene rings is 11. The fourth-order valence-corrected chi connectivity index (χ4v) is 11.1. The van der Waals surface area contributed by atoms with Crippen molar-refractivity contribution in [3.63, 3.8) is 0 Å². The molecule has 11 aromatic carbocycles. The number of para-hydroxylation sites is 1. The fraction of sp³-hybridized carbons (Fsp3) is 0.0154. The Labute approximate surface area is 390 Å². The molecule has 0 saturated heterocycles. The van der Waals surface area contributed by atoms with Gasteiger partial charge in [0, 0.05) is 38.9 Å². The highest BCUT2D eigenvalue weighted by Gasteiger charge is 2.46. The molecule has 0 bridgehead atoms. The minimum atomic E-state index is -0.565. The van der Waals surface area contributed by atoms with Gasteiger partial charge in [0.1, 0.15) is 0 Å². The number of rotatable bonds is 8. The van der Waals surface area contributed by atoms with Crippen LogP contribution < -0.4 is 4.90 Å². The van der Waals surface area contributed by atoms with E-state index >= 15 is 0 Å². The minimum absolute atomic E-state index is 0.565. The van der Waals surface area contributed by atoms with Crippen LogP contribution in [0.5, 0.6) is 0 Å². The maximum atomic E-state index is 2.48. The molecule has 1 heterocycles. The average Bonchev–Trinajstić information content (AvgIpc) is 3.90. The van der Waals surface area contributed by atoms with Crippen molar-refractivity contribution < 1.29 is 0 Å². The molecule has 1 unspecified atom stereocenters. The molecular weight excluding hydrogens is 809 g/mol. The van der Waals surface area contributed by atoms with Gasteiger partial charge in [0.15, 0.2) is 0 Å². The zero-order valence-corrected chi connectivity index (χ0v) is 36.8. The maximum absolute atomic E-state index is 2.48. The molecule has 2 nitrogen and oxygen atoms in total. The van der Waals surface area contributed by atoms with Crippen molar-refractivity contribution in [2.75, 3.05) is 4.90 Å². The van der Waals surface area contributed by atoms with E-state index in [0.717, 1.165) is 28.3 Å². The molecule has 0 aliphatic heterocycles. The highest BCUT2D eigenvalue weighted by molar-refractivity contribution is 6.19. The summed E-state index contributed by atoms with van der Waals surface area (Å²) in [6.45, 7) is 0. The quantitative estimate of drug-likeness (QED) is 0.148. The summed E-state index contributed by atoms with van der Waals surface area (Å²) in [4.78, 5) is 2.44. The summed E-state index contributed by atoms with van der Waals surface area (Å²) in [7, 11) is 0. The monoisotopic (exact) mass is 852 g/mol. The van der Waals surface area contributed by atoms with Gasteiger partial charge in [-0.2, -0.15) is 0 Å². The van der Waals surface area contributed by atoms with E-state index < -0.39 is 5.41 Å². The molecular formula is C65H44N2. The molecule has 67 heavy (non-hydrogen) atoms. The first-order chi connectivity index (χ1) is 33.2. The van der Waals surface area contributed by atoms with Crippen LogP contribution in [0.3, 0.4) is 0 Å². The van der Waals surface area contributed by atoms with Crippen LogP contribution in [0.2, 0.25) is 0 Å². The predicted molar refractivity (Wildman–Crippen MR) is 281 cm³/mol. The van der Waals surface area contributed by atoms with E-state index in [9.17, 15) is 0 Å². The predicted octanol–water partition coefficient (Wildman–Crippen LogP) is 17.1. The van der Waals surface area contributed by atoms with Crippen LogP contribution in [0.4, 0.5) is 17.1 Å². The number of nitrogens with zero attached hydrogens (tertiary/aromatic N) is 2. The first-order valence-electron chi connectivity index (χ1n) is 23.2. The normalized spacial score (nSPS) is 14.0. The number of hydrogen-bond acceptors (Lipinski definition) is 1. The van der Waals surface area contributed by atoms with E-state index in [1.807, 2.05) is 0 Å². The standard InChI is InChI=1S/C65H44N2/c1-5-17-45(18-6-1)47-29-34-51(35-30-47)65(50-22-9-3-10-23-50)61-28-16-15-27-57(61)58-41-38-54(43-62(58)65)66(52-24-11-4-12-25-52)55-39-42-59-60-40-33-49-21-13-14-26-56(49)64(60)67(63(59)44-55)53-36-31-48(32-37-53)46-19-7-2-8-20-46/h1-44H. The van der Waals surface area contributed by atoms with E-state index in [1.54, 1.807) is 0 Å². The lowest BCUT2D eigenvalue weighted by molar-refractivity contribution is 0.768. The molecule has 1 aliphatic rings. The smallest absolute Gasteiger partial charge is 0.0714 e. The summed E-state index contributed by atoms with van der Waals surface area (Å²) in [5, 5.41) is 4.91. The Kier molecular flexibility index (Phi) is 9.11. The molecule has 1 atom stereocenters. The lowest BCUT2D eigenvalue weighted by Crippen LogP contribution is -2.28. The van der Waals surface area contributed by atoms with Gasteiger partial charge in [-0.25, -0.2) is 0 Å². The third kappa shape index (κ3) is 6.18. The third-order valence-corrected chi connectivity index (χ3v) is 14.1. The van der Waals surface area contributed by atoms with Gasteiger partial charge in [-0.05, 0) is 110 Å². The zero-order chi connectivity index (χ0) is 44.3. The second kappa shape index (κ2) is 15.8. The largest absolute Gasteiger partial charge is 0.310 e. The highest BCUT2D eigenvalue weighted by Crippen LogP contribution is 2.57. The van der Waals surface area contributed by atoms with E-state index in [-0.39, 0.29) is 0 Å². The van der Waals surface area contributed by atoms with Crippen molar-refractivity contribution in [2.24, 2.45) is 0 Å². The molecule has 0 radical (unpaired) electrons. The van der Waals surface area contributed by atoms with Crippen LogP contribution in [0.15, 0.2) is 267 Å². The number of anilines is 3. The van der Waals surface area contributed by atoms with Crippen molar-refractivity contribution in [1.82, 2.24) is 4.57 Å². The SMILES string of the molecule is c1ccc(-c2ccc(-n3c4cc(N(c5ccccc5)c5ccc6c(c5)C(c5ccccc5)(c5ccc(-c7ccccc7)cc5)c5ccccc5-6)ccc4c4ccc5ccccc5c43)cc2)cc1. The molecule has 314 valence electrons. The summed E-state index contributed by atoms with van der Waals surface area (Å²) in [6, 6.07) is 98.2.